The number of amidine groups is 1. The molecule has 8 nitrogen and oxygen atoms in total. The fourth-order valence-corrected chi connectivity index (χ4v) is 4.07. The quantitative estimate of drug-likeness (QED) is 0.148. The molecule has 0 bridgehead atoms. The molecule has 1 heterocycles. The fraction of sp³-hybridized carbons (Fsp3) is 0.222. The molecule has 0 radical (unpaired) electrons. The Morgan fingerprint density at radius 2 is 1.89 bits per heavy atom. The van der Waals surface area contributed by atoms with Gasteiger partial charge < -0.3 is 14.8 Å². The van der Waals surface area contributed by atoms with Gasteiger partial charge in [0.2, 0.25) is 0 Å². The number of rotatable bonds is 10. The zero-order chi connectivity index (χ0) is 24.6. The van der Waals surface area contributed by atoms with Crippen molar-refractivity contribution in [1.29, 1.82) is 5.41 Å². The van der Waals surface area contributed by atoms with Crippen LogP contribution in [0.25, 0.3) is 22.0 Å². The SMILES string of the molecule is CCOc1cc(-c2cc(NCCc3c(OC)ccc4ccccc34)ncn2)ccc1CC(=N)NO. The lowest BCUT2D eigenvalue weighted by Crippen LogP contribution is -2.20. The molecule has 0 saturated carbocycles. The highest BCUT2D eigenvalue weighted by atomic mass is 16.5. The van der Waals surface area contributed by atoms with Gasteiger partial charge in [-0.3, -0.25) is 16.1 Å². The van der Waals surface area contributed by atoms with Crippen LogP contribution in [-0.2, 0) is 12.8 Å². The Balaban J connectivity index is 1.51. The minimum absolute atomic E-state index is 0.00458. The van der Waals surface area contributed by atoms with Gasteiger partial charge in [0.25, 0.3) is 0 Å². The number of nitrogens with one attached hydrogen (secondary N) is 3. The van der Waals surface area contributed by atoms with E-state index in [1.807, 2.05) is 54.9 Å². The predicted octanol–water partition coefficient (Wildman–Crippen LogP) is 4.86. The van der Waals surface area contributed by atoms with Crippen molar-refractivity contribution < 1.29 is 14.7 Å². The summed E-state index contributed by atoms with van der Waals surface area (Å²) in [5.74, 6) is 2.25. The molecule has 0 saturated heterocycles. The molecule has 0 spiro atoms. The molecule has 0 fully saturated rings. The number of hydrogen-bond acceptors (Lipinski definition) is 7. The van der Waals surface area contributed by atoms with E-state index >= 15 is 0 Å². The maximum absolute atomic E-state index is 8.96. The molecule has 35 heavy (non-hydrogen) atoms. The highest BCUT2D eigenvalue weighted by Crippen LogP contribution is 2.29. The van der Waals surface area contributed by atoms with Gasteiger partial charge in [0.15, 0.2) is 0 Å². The Kier molecular flexibility index (Phi) is 7.74. The summed E-state index contributed by atoms with van der Waals surface area (Å²) in [7, 11) is 1.70. The molecule has 4 rings (SSSR count). The van der Waals surface area contributed by atoms with E-state index < -0.39 is 0 Å². The summed E-state index contributed by atoms with van der Waals surface area (Å²) in [5.41, 5.74) is 5.47. The number of anilines is 1. The minimum Gasteiger partial charge on any atom is -0.496 e. The van der Waals surface area contributed by atoms with E-state index in [0.717, 1.165) is 40.4 Å². The number of methoxy groups -OCH3 is 1. The highest BCUT2D eigenvalue weighted by molar-refractivity contribution is 5.88. The van der Waals surface area contributed by atoms with Crippen LogP contribution in [0.3, 0.4) is 0 Å². The first kappa shape index (κ1) is 24.0. The van der Waals surface area contributed by atoms with E-state index in [4.69, 9.17) is 20.1 Å². The smallest absolute Gasteiger partial charge is 0.129 e. The van der Waals surface area contributed by atoms with Crippen molar-refractivity contribution in [2.75, 3.05) is 25.6 Å². The first-order chi connectivity index (χ1) is 17.1. The summed E-state index contributed by atoms with van der Waals surface area (Å²) in [5, 5.41) is 22.4. The van der Waals surface area contributed by atoms with Gasteiger partial charge in [-0.1, -0.05) is 42.5 Å². The number of nitrogens with zero attached hydrogens (tertiary/aromatic N) is 2. The summed E-state index contributed by atoms with van der Waals surface area (Å²) in [4.78, 5) is 8.81. The van der Waals surface area contributed by atoms with Crippen LogP contribution in [0.15, 0.2) is 67.0 Å². The highest BCUT2D eigenvalue weighted by Gasteiger charge is 2.11. The van der Waals surface area contributed by atoms with Crippen molar-refractivity contribution in [2.45, 2.75) is 19.8 Å². The first-order valence-corrected chi connectivity index (χ1v) is 11.5. The Morgan fingerprint density at radius 3 is 2.69 bits per heavy atom. The predicted molar refractivity (Wildman–Crippen MR) is 138 cm³/mol. The number of benzene rings is 3. The van der Waals surface area contributed by atoms with Crippen LogP contribution >= 0.6 is 0 Å². The van der Waals surface area contributed by atoms with Crippen LogP contribution in [0, 0.1) is 5.41 Å². The van der Waals surface area contributed by atoms with E-state index in [-0.39, 0.29) is 12.3 Å². The molecule has 0 aliphatic carbocycles. The van der Waals surface area contributed by atoms with Crippen molar-refractivity contribution in [2.24, 2.45) is 0 Å². The minimum atomic E-state index is -0.00458. The van der Waals surface area contributed by atoms with E-state index in [2.05, 4.69) is 33.5 Å². The Labute approximate surface area is 204 Å². The lowest BCUT2D eigenvalue weighted by Gasteiger charge is -2.14. The van der Waals surface area contributed by atoms with Crippen LogP contribution in [0.1, 0.15) is 18.1 Å². The van der Waals surface area contributed by atoms with E-state index in [0.29, 0.717) is 18.9 Å². The summed E-state index contributed by atoms with van der Waals surface area (Å²) in [6, 6.07) is 20.0. The van der Waals surface area contributed by atoms with Gasteiger partial charge in [0.1, 0.15) is 29.5 Å². The molecule has 0 aliphatic rings. The Morgan fingerprint density at radius 1 is 1.03 bits per heavy atom. The van der Waals surface area contributed by atoms with Crippen molar-refractivity contribution in [3.8, 4) is 22.8 Å². The van der Waals surface area contributed by atoms with Crippen molar-refractivity contribution >= 4 is 22.4 Å². The Bertz CT molecular complexity index is 1330. The third-order valence-electron chi connectivity index (χ3n) is 5.73. The lowest BCUT2D eigenvalue weighted by atomic mass is 10.0. The van der Waals surface area contributed by atoms with Gasteiger partial charge in [-0.15, -0.1) is 0 Å². The molecule has 4 aromatic rings. The van der Waals surface area contributed by atoms with Crippen molar-refractivity contribution in [1.82, 2.24) is 15.4 Å². The number of aromatic nitrogens is 2. The monoisotopic (exact) mass is 471 g/mol. The largest absolute Gasteiger partial charge is 0.496 e. The van der Waals surface area contributed by atoms with Gasteiger partial charge >= 0.3 is 0 Å². The summed E-state index contributed by atoms with van der Waals surface area (Å²) in [6.07, 6.45) is 2.55. The van der Waals surface area contributed by atoms with Crippen LogP contribution in [-0.4, -0.2) is 41.3 Å². The second kappa shape index (κ2) is 11.3. The Hall–Kier alpha value is -4.17. The maximum atomic E-state index is 8.96. The second-order valence-corrected chi connectivity index (χ2v) is 7.96. The normalized spacial score (nSPS) is 10.7. The topological polar surface area (TPSA) is 112 Å². The molecule has 180 valence electrons. The zero-order valence-electron chi connectivity index (χ0n) is 19.8. The zero-order valence-corrected chi connectivity index (χ0v) is 19.8. The average Bonchev–Trinajstić information content (AvgIpc) is 2.90. The van der Waals surface area contributed by atoms with Gasteiger partial charge in [-0.05, 0) is 36.2 Å². The molecule has 4 N–H and O–H groups in total. The molecule has 0 atom stereocenters. The second-order valence-electron chi connectivity index (χ2n) is 7.96. The summed E-state index contributed by atoms with van der Waals surface area (Å²) in [6.45, 7) is 3.08. The van der Waals surface area contributed by atoms with Crippen molar-refractivity contribution in [3.05, 3.63) is 78.1 Å². The van der Waals surface area contributed by atoms with Gasteiger partial charge in [0.05, 0.1) is 19.4 Å². The third-order valence-corrected chi connectivity index (χ3v) is 5.73. The van der Waals surface area contributed by atoms with Crippen LogP contribution in [0.5, 0.6) is 11.5 Å². The molecule has 0 unspecified atom stereocenters. The fourth-order valence-electron chi connectivity index (χ4n) is 4.07. The molecule has 0 amide bonds. The molecule has 3 aromatic carbocycles. The molecule has 1 aromatic heterocycles. The number of ether oxygens (including phenoxy) is 2. The number of hydroxylamine groups is 1. The van der Waals surface area contributed by atoms with E-state index in [9.17, 15) is 0 Å². The van der Waals surface area contributed by atoms with Gasteiger partial charge in [-0.25, -0.2) is 9.97 Å². The summed E-state index contributed by atoms with van der Waals surface area (Å²) >= 11 is 0. The third kappa shape index (κ3) is 5.67. The van der Waals surface area contributed by atoms with Gasteiger partial charge in [0, 0.05) is 35.7 Å². The number of fused-ring (bicyclic) bond motifs is 1. The van der Waals surface area contributed by atoms with E-state index in [1.54, 1.807) is 7.11 Å². The lowest BCUT2D eigenvalue weighted by molar-refractivity contribution is 0.231. The maximum Gasteiger partial charge on any atom is 0.129 e. The van der Waals surface area contributed by atoms with Crippen LogP contribution in [0.2, 0.25) is 0 Å². The van der Waals surface area contributed by atoms with Crippen LogP contribution < -0.4 is 20.3 Å². The molecule has 8 heteroatoms. The standard InChI is InChI=1S/C27H29N5O3/c1-3-35-25-14-19(8-9-20(25)15-26(28)32-33)23-16-27(31-17-30-23)29-13-12-22-21-7-5-4-6-18(21)10-11-24(22)34-2/h4-11,14,16-17,33H,3,12-13,15H2,1-2H3,(H2,28,32)(H,29,30,31). The van der Waals surface area contributed by atoms with Crippen molar-refractivity contribution in [3.63, 3.8) is 0 Å². The van der Waals surface area contributed by atoms with E-state index in [1.165, 1.54) is 17.1 Å². The first-order valence-electron chi connectivity index (χ1n) is 11.5. The van der Waals surface area contributed by atoms with Gasteiger partial charge in [-0.2, -0.15) is 0 Å². The average molecular weight is 472 g/mol. The van der Waals surface area contributed by atoms with Crippen LogP contribution in [0.4, 0.5) is 5.82 Å². The summed E-state index contributed by atoms with van der Waals surface area (Å²) < 4.78 is 11.4. The number of hydrogen-bond donors (Lipinski definition) is 4. The molecule has 0 aliphatic heterocycles. The molecular formula is C27H29N5O3. The molecular weight excluding hydrogens is 442 g/mol.